The summed E-state index contributed by atoms with van der Waals surface area (Å²) in [6, 6.07) is 7.61. The zero-order valence-electron chi connectivity index (χ0n) is 9.76. The van der Waals surface area contributed by atoms with Crippen molar-refractivity contribution in [2.24, 2.45) is 4.99 Å². The third kappa shape index (κ3) is 2.19. The van der Waals surface area contributed by atoms with Crippen LogP contribution in [0.15, 0.2) is 47.9 Å². The van der Waals surface area contributed by atoms with Crippen LogP contribution in [-0.2, 0) is 0 Å². The smallest absolute Gasteiger partial charge is 0.0989 e. The monoisotopic (exact) mass is 256 g/mol. The first-order valence-electron chi connectivity index (χ1n) is 5.55. The fourth-order valence-electron chi connectivity index (χ4n) is 1.71. The van der Waals surface area contributed by atoms with Gasteiger partial charge in [0, 0.05) is 6.20 Å². The molecule has 0 saturated heterocycles. The van der Waals surface area contributed by atoms with Gasteiger partial charge < -0.3 is 15.8 Å². The van der Waals surface area contributed by atoms with Crippen molar-refractivity contribution < 1.29 is 5.21 Å². The molecule has 19 heavy (non-hydrogen) atoms. The molecule has 2 aromatic rings. The number of allylic oxidation sites excluding steroid dienone is 1. The predicted octanol–water partition coefficient (Wildman–Crippen LogP) is 2.20. The van der Waals surface area contributed by atoms with E-state index in [0.29, 0.717) is 5.70 Å². The van der Waals surface area contributed by atoms with E-state index in [1.807, 2.05) is 24.3 Å². The second kappa shape index (κ2) is 4.56. The van der Waals surface area contributed by atoms with E-state index in [1.165, 1.54) is 17.1 Å². The number of aromatic nitrogens is 2. The molecule has 0 fully saturated rings. The minimum Gasteiger partial charge on any atom is -0.733 e. The minimum atomic E-state index is -0.236. The van der Waals surface area contributed by atoms with Crippen LogP contribution >= 0.6 is 0 Å². The zero-order chi connectivity index (χ0) is 13.2. The molecule has 0 amide bonds. The Morgan fingerprint density at radius 2 is 2.16 bits per heavy atom. The number of hydrogen-bond acceptors (Lipinski definition) is 6. The van der Waals surface area contributed by atoms with Crippen LogP contribution < -0.4 is 10.5 Å². The van der Waals surface area contributed by atoms with Crippen LogP contribution in [0.1, 0.15) is 0 Å². The van der Waals surface area contributed by atoms with Crippen LogP contribution in [0.25, 0.3) is 5.70 Å². The Hall–Kier alpha value is -2.64. The second-order valence-electron chi connectivity index (χ2n) is 3.90. The molecule has 0 radical (unpaired) electrons. The number of para-hydroxylation sites is 2. The summed E-state index contributed by atoms with van der Waals surface area (Å²) in [7, 11) is 0. The van der Waals surface area contributed by atoms with E-state index in [1.54, 1.807) is 12.4 Å². The van der Waals surface area contributed by atoms with Gasteiger partial charge in [0.25, 0.3) is 0 Å². The van der Waals surface area contributed by atoms with Gasteiger partial charge in [0.2, 0.25) is 0 Å². The Morgan fingerprint density at radius 3 is 2.95 bits per heavy atom. The zero-order valence-corrected chi connectivity index (χ0v) is 9.76. The van der Waals surface area contributed by atoms with Crippen molar-refractivity contribution >= 4 is 29.0 Å². The van der Waals surface area contributed by atoms with Gasteiger partial charge in [-0.3, -0.25) is 10.2 Å². The summed E-state index contributed by atoms with van der Waals surface area (Å²) in [6.45, 7) is 0. The Kier molecular flexibility index (Phi) is 2.75. The van der Waals surface area contributed by atoms with Crippen LogP contribution in [-0.4, -0.2) is 21.2 Å². The molecular formula is C12H10N5O2-. The molecule has 0 atom stereocenters. The highest BCUT2D eigenvalue weighted by Gasteiger charge is 2.07. The lowest BCUT2D eigenvalue weighted by molar-refractivity contribution is 0.296. The highest BCUT2D eigenvalue weighted by Crippen LogP contribution is 2.26. The molecular weight excluding hydrogens is 246 g/mol. The number of hydrogen-bond donors (Lipinski definition) is 2. The fraction of sp³-hybridized carbons (Fsp3) is 0. The number of benzene rings is 1. The van der Waals surface area contributed by atoms with E-state index < -0.39 is 0 Å². The summed E-state index contributed by atoms with van der Waals surface area (Å²) >= 11 is 0. The second-order valence-corrected chi connectivity index (χ2v) is 3.90. The Bertz CT molecular complexity index is 660. The normalized spacial score (nSPS) is 13.3. The molecule has 7 nitrogen and oxygen atoms in total. The van der Waals surface area contributed by atoms with E-state index in [2.05, 4.69) is 15.4 Å². The van der Waals surface area contributed by atoms with Crippen molar-refractivity contribution in [1.82, 2.24) is 9.78 Å². The number of rotatable bonds is 2. The van der Waals surface area contributed by atoms with Gasteiger partial charge in [0.05, 0.1) is 41.4 Å². The van der Waals surface area contributed by atoms with Crippen LogP contribution in [0.2, 0.25) is 0 Å². The van der Waals surface area contributed by atoms with Crippen molar-refractivity contribution in [2.45, 2.75) is 0 Å². The predicted molar refractivity (Wildman–Crippen MR) is 72.3 cm³/mol. The van der Waals surface area contributed by atoms with E-state index >= 15 is 0 Å². The molecule has 2 heterocycles. The number of aliphatic imine (C=N–C) groups is 1. The van der Waals surface area contributed by atoms with E-state index in [-0.39, 0.29) is 10.9 Å². The lowest BCUT2D eigenvalue weighted by Gasteiger charge is -2.18. The fourth-order valence-corrected chi connectivity index (χ4v) is 1.71. The molecule has 1 aromatic heterocycles. The number of nitrogens with one attached hydrogen (secondary N) is 1. The molecule has 3 rings (SSSR count). The molecule has 0 bridgehead atoms. The minimum absolute atomic E-state index is 0.0519. The third-order valence-electron chi connectivity index (χ3n) is 2.67. The molecule has 0 unspecified atom stereocenters. The van der Waals surface area contributed by atoms with Crippen LogP contribution in [0.5, 0.6) is 0 Å². The molecule has 1 aliphatic heterocycles. The Labute approximate surface area is 108 Å². The molecule has 7 heteroatoms. The standard InChI is InChI=1S/C12H10N5O2/c18-17(19)10-7-15-16(8-10)9-5-13-11-3-1-2-4-12(11)14-6-9/h1-8,13,18H/q-1. The SMILES string of the molecule is [O-]N(O)c1cnn(C2=CNc3ccccc3N=C2)c1. The summed E-state index contributed by atoms with van der Waals surface area (Å²) in [5.41, 5.74) is 2.39. The summed E-state index contributed by atoms with van der Waals surface area (Å²) < 4.78 is 1.44. The van der Waals surface area contributed by atoms with Gasteiger partial charge in [-0.15, -0.1) is 0 Å². The van der Waals surface area contributed by atoms with Crippen LogP contribution in [0, 0.1) is 5.21 Å². The van der Waals surface area contributed by atoms with Crippen molar-refractivity contribution in [3.63, 3.8) is 0 Å². The van der Waals surface area contributed by atoms with E-state index in [4.69, 9.17) is 5.21 Å². The van der Waals surface area contributed by atoms with E-state index in [0.717, 1.165) is 11.4 Å². The summed E-state index contributed by atoms with van der Waals surface area (Å²) in [6.07, 6.45) is 6.02. The number of anilines is 2. The Balaban J connectivity index is 1.93. The number of fused-ring (bicyclic) bond motifs is 1. The first kappa shape index (κ1) is 11.5. The van der Waals surface area contributed by atoms with Crippen LogP contribution in [0.3, 0.4) is 0 Å². The lowest BCUT2D eigenvalue weighted by Crippen LogP contribution is -2.06. The van der Waals surface area contributed by atoms with Gasteiger partial charge in [-0.1, -0.05) is 12.1 Å². The van der Waals surface area contributed by atoms with Crippen molar-refractivity contribution in [3.8, 4) is 0 Å². The van der Waals surface area contributed by atoms with Gasteiger partial charge in [-0.2, -0.15) is 5.10 Å². The number of nitrogens with zero attached hydrogens (tertiary/aromatic N) is 4. The highest BCUT2D eigenvalue weighted by molar-refractivity contribution is 6.05. The molecule has 96 valence electrons. The first-order valence-corrected chi connectivity index (χ1v) is 5.55. The van der Waals surface area contributed by atoms with Crippen molar-refractivity contribution in [3.05, 3.63) is 48.1 Å². The molecule has 1 aliphatic rings. The summed E-state index contributed by atoms with van der Waals surface area (Å²) in [5, 5.41) is 26.4. The van der Waals surface area contributed by atoms with Gasteiger partial charge in [-0.05, 0) is 12.1 Å². The van der Waals surface area contributed by atoms with Gasteiger partial charge in [0.15, 0.2) is 0 Å². The molecule has 0 saturated carbocycles. The van der Waals surface area contributed by atoms with E-state index in [9.17, 15) is 5.21 Å². The van der Waals surface area contributed by atoms with Gasteiger partial charge in [-0.25, -0.2) is 4.68 Å². The van der Waals surface area contributed by atoms with Gasteiger partial charge in [0.1, 0.15) is 0 Å². The van der Waals surface area contributed by atoms with Crippen LogP contribution in [0.4, 0.5) is 17.1 Å². The topological polar surface area (TPSA) is 88.7 Å². The highest BCUT2D eigenvalue weighted by atomic mass is 16.8. The quantitative estimate of drug-likeness (QED) is 0.804. The average molecular weight is 256 g/mol. The maximum Gasteiger partial charge on any atom is 0.0989 e. The average Bonchev–Trinajstić information content (AvgIpc) is 2.80. The summed E-state index contributed by atoms with van der Waals surface area (Å²) in [5.74, 6) is 0. The molecule has 2 N–H and O–H groups in total. The maximum atomic E-state index is 10.7. The molecule has 0 spiro atoms. The molecule has 0 aliphatic carbocycles. The van der Waals surface area contributed by atoms with Crippen molar-refractivity contribution in [2.75, 3.05) is 10.5 Å². The van der Waals surface area contributed by atoms with Crippen molar-refractivity contribution in [1.29, 1.82) is 0 Å². The maximum absolute atomic E-state index is 10.7. The third-order valence-corrected chi connectivity index (χ3v) is 2.67. The largest absolute Gasteiger partial charge is 0.733 e. The molecule has 1 aromatic carbocycles. The lowest BCUT2D eigenvalue weighted by atomic mass is 10.3. The van der Waals surface area contributed by atoms with Gasteiger partial charge >= 0.3 is 0 Å². The first-order chi connectivity index (χ1) is 9.24. The summed E-state index contributed by atoms with van der Waals surface area (Å²) in [4.78, 5) is 4.33. The Morgan fingerprint density at radius 1 is 1.32 bits per heavy atom.